The number of allylic oxidation sites excluding steroid dienone is 5. The zero-order valence-corrected chi connectivity index (χ0v) is 20.0. The quantitative estimate of drug-likeness (QED) is 0.301. The molecule has 0 aromatic heterocycles. The van der Waals surface area contributed by atoms with Crippen molar-refractivity contribution >= 4 is 11.7 Å². The summed E-state index contributed by atoms with van der Waals surface area (Å²) in [6.07, 6.45) is 4.64. The number of rotatable bonds is 10. The van der Waals surface area contributed by atoms with Gasteiger partial charge in [-0.05, 0) is 55.7 Å². The van der Waals surface area contributed by atoms with Crippen LogP contribution in [0.4, 0.5) is 17.6 Å². The van der Waals surface area contributed by atoms with Crippen LogP contribution in [0.3, 0.4) is 0 Å². The first-order chi connectivity index (χ1) is 16.1. The van der Waals surface area contributed by atoms with E-state index in [1.165, 1.54) is 12.1 Å². The number of nitrogens with zero attached hydrogens (tertiary/aromatic N) is 3. The van der Waals surface area contributed by atoms with Gasteiger partial charge in [0.1, 0.15) is 5.84 Å². The van der Waals surface area contributed by atoms with Gasteiger partial charge in [0.25, 0.3) is 0 Å². The fourth-order valence-electron chi connectivity index (χ4n) is 3.42. The van der Waals surface area contributed by atoms with Gasteiger partial charge < -0.3 is 15.1 Å². The van der Waals surface area contributed by atoms with Crippen molar-refractivity contribution in [2.45, 2.75) is 39.3 Å². The molecule has 0 bridgehead atoms. The van der Waals surface area contributed by atoms with E-state index in [0.29, 0.717) is 25.1 Å². The fourth-order valence-corrected chi connectivity index (χ4v) is 3.42. The molecule has 0 aliphatic heterocycles. The van der Waals surface area contributed by atoms with Gasteiger partial charge in [0.15, 0.2) is 23.3 Å². The van der Waals surface area contributed by atoms with Gasteiger partial charge in [0, 0.05) is 40.2 Å². The zero-order chi connectivity index (χ0) is 25.3. The minimum absolute atomic E-state index is 0.0559. The largest absolute Gasteiger partial charge is 0.366 e. The lowest BCUT2D eigenvalue weighted by Crippen LogP contribution is -2.40. The number of aliphatic imine (C=N–C) groups is 1. The molecule has 0 spiro atoms. The first kappa shape index (κ1) is 27.3. The van der Waals surface area contributed by atoms with Crippen molar-refractivity contribution in [3.8, 4) is 0 Å². The third-order valence-corrected chi connectivity index (χ3v) is 5.51. The normalized spacial score (nSPS) is 15.2. The minimum atomic E-state index is -0.924. The molecule has 1 unspecified atom stereocenters. The van der Waals surface area contributed by atoms with Crippen LogP contribution in [-0.4, -0.2) is 61.3 Å². The summed E-state index contributed by atoms with van der Waals surface area (Å²) < 4.78 is 53.3. The molecule has 0 fully saturated rings. The van der Waals surface area contributed by atoms with E-state index >= 15 is 0 Å². The second-order valence-electron chi connectivity index (χ2n) is 8.20. The SMILES string of the molecule is CCN(CCC(=NC(C)C1=CC=C(F)C(F)=CC1)N(C)C)C(=O)CNCc1ccc(F)c(F)c1. The molecular formula is C25H32F4N4O. The Kier molecular flexibility index (Phi) is 10.5. The number of carbonyl (C=O) groups is 1. The van der Waals surface area contributed by atoms with E-state index in [4.69, 9.17) is 4.99 Å². The highest BCUT2D eigenvalue weighted by molar-refractivity contribution is 5.83. The Bertz CT molecular complexity index is 985. The topological polar surface area (TPSA) is 47.9 Å². The number of hydrogen-bond acceptors (Lipinski definition) is 3. The summed E-state index contributed by atoms with van der Waals surface area (Å²) in [5.41, 5.74) is 1.33. The molecule has 9 heteroatoms. The van der Waals surface area contributed by atoms with Gasteiger partial charge >= 0.3 is 0 Å². The summed E-state index contributed by atoms with van der Waals surface area (Å²) >= 11 is 0. The average molecular weight is 481 g/mol. The summed E-state index contributed by atoms with van der Waals surface area (Å²) in [5, 5.41) is 2.96. The van der Waals surface area contributed by atoms with Crippen molar-refractivity contribution < 1.29 is 22.4 Å². The van der Waals surface area contributed by atoms with E-state index in [9.17, 15) is 22.4 Å². The van der Waals surface area contributed by atoms with Crippen molar-refractivity contribution in [2.24, 2.45) is 4.99 Å². The Balaban J connectivity index is 1.94. The van der Waals surface area contributed by atoms with Crippen LogP contribution < -0.4 is 5.32 Å². The minimum Gasteiger partial charge on any atom is -0.366 e. The smallest absolute Gasteiger partial charge is 0.236 e. The van der Waals surface area contributed by atoms with Crippen molar-refractivity contribution in [1.82, 2.24) is 15.1 Å². The Morgan fingerprint density at radius 1 is 1.12 bits per heavy atom. The molecule has 0 radical (unpaired) electrons. The predicted molar refractivity (Wildman–Crippen MR) is 127 cm³/mol. The van der Waals surface area contributed by atoms with E-state index in [1.54, 1.807) is 11.0 Å². The number of carbonyl (C=O) groups excluding carboxylic acids is 1. The predicted octanol–water partition coefficient (Wildman–Crippen LogP) is 4.68. The summed E-state index contributed by atoms with van der Waals surface area (Å²) in [7, 11) is 3.71. The highest BCUT2D eigenvalue weighted by Crippen LogP contribution is 2.23. The molecule has 1 aromatic carbocycles. The standard InChI is InChI=1S/C25H32F4N4O/c1-5-33(25(34)16-30-15-18-6-9-22(28)23(29)14-18)13-12-24(32(3)4)31-17(2)19-7-10-20(26)21(27)11-8-19/h6-7,9-11,14,17,30H,5,8,12-13,15-16H2,1-4H3. The number of amidine groups is 1. The number of hydrogen-bond donors (Lipinski definition) is 1. The van der Waals surface area contributed by atoms with Crippen LogP contribution in [0.5, 0.6) is 0 Å². The Labute approximate surface area is 198 Å². The van der Waals surface area contributed by atoms with Gasteiger partial charge in [-0.2, -0.15) is 0 Å². The van der Waals surface area contributed by atoms with E-state index < -0.39 is 23.3 Å². The van der Waals surface area contributed by atoms with Crippen LogP contribution in [0.15, 0.2) is 58.6 Å². The number of benzene rings is 1. The van der Waals surface area contributed by atoms with Gasteiger partial charge in [-0.1, -0.05) is 12.1 Å². The lowest BCUT2D eigenvalue weighted by Gasteiger charge is -2.24. The molecular weight excluding hydrogens is 448 g/mol. The lowest BCUT2D eigenvalue weighted by molar-refractivity contribution is -0.130. The van der Waals surface area contributed by atoms with E-state index in [1.807, 2.05) is 32.8 Å². The second kappa shape index (κ2) is 13.1. The first-order valence-electron chi connectivity index (χ1n) is 11.2. The zero-order valence-electron chi connectivity index (χ0n) is 20.0. The summed E-state index contributed by atoms with van der Waals surface area (Å²) in [6, 6.07) is 3.34. The molecule has 186 valence electrons. The van der Waals surface area contributed by atoms with Gasteiger partial charge in [0.05, 0.1) is 12.6 Å². The van der Waals surface area contributed by atoms with Crippen molar-refractivity contribution in [3.05, 3.63) is 70.9 Å². The maximum absolute atomic E-state index is 13.5. The number of halogens is 4. The van der Waals surface area contributed by atoms with Crippen molar-refractivity contribution in [1.29, 1.82) is 0 Å². The molecule has 1 aliphatic rings. The Morgan fingerprint density at radius 2 is 1.85 bits per heavy atom. The monoisotopic (exact) mass is 480 g/mol. The Morgan fingerprint density at radius 3 is 2.50 bits per heavy atom. The molecule has 2 rings (SSSR count). The van der Waals surface area contributed by atoms with E-state index in [0.717, 1.165) is 29.6 Å². The third-order valence-electron chi connectivity index (χ3n) is 5.51. The van der Waals surface area contributed by atoms with Crippen molar-refractivity contribution in [3.63, 3.8) is 0 Å². The molecule has 1 atom stereocenters. The molecule has 0 heterocycles. The fraction of sp³-hybridized carbons (Fsp3) is 0.440. The highest BCUT2D eigenvalue weighted by Gasteiger charge is 2.16. The van der Waals surface area contributed by atoms with Crippen LogP contribution in [0.1, 0.15) is 32.3 Å². The molecule has 1 aliphatic carbocycles. The Hall–Kier alpha value is -2.94. The first-order valence-corrected chi connectivity index (χ1v) is 11.2. The second-order valence-corrected chi connectivity index (χ2v) is 8.20. The number of amides is 1. The molecule has 0 saturated carbocycles. The van der Waals surface area contributed by atoms with Gasteiger partial charge in [-0.3, -0.25) is 9.79 Å². The molecule has 1 N–H and O–H groups in total. The third kappa shape index (κ3) is 8.13. The maximum Gasteiger partial charge on any atom is 0.236 e. The summed E-state index contributed by atoms with van der Waals surface area (Å²) in [5.74, 6) is -2.96. The maximum atomic E-state index is 13.5. The van der Waals surface area contributed by atoms with Crippen LogP contribution >= 0.6 is 0 Å². The van der Waals surface area contributed by atoms with Crippen LogP contribution in [0.2, 0.25) is 0 Å². The van der Waals surface area contributed by atoms with E-state index in [2.05, 4.69) is 5.32 Å². The van der Waals surface area contributed by atoms with Gasteiger partial charge in [0.2, 0.25) is 5.91 Å². The number of nitrogens with one attached hydrogen (secondary N) is 1. The van der Waals surface area contributed by atoms with Crippen LogP contribution in [0.25, 0.3) is 0 Å². The van der Waals surface area contributed by atoms with E-state index in [-0.39, 0.29) is 31.5 Å². The average Bonchev–Trinajstić information content (AvgIpc) is 2.96. The lowest BCUT2D eigenvalue weighted by atomic mass is 10.1. The highest BCUT2D eigenvalue weighted by atomic mass is 19.2. The molecule has 34 heavy (non-hydrogen) atoms. The summed E-state index contributed by atoms with van der Waals surface area (Å²) in [6.45, 7) is 4.97. The number of likely N-dealkylation sites (N-methyl/N-ethyl adjacent to an activating group) is 1. The molecule has 1 aromatic rings. The van der Waals surface area contributed by atoms with Gasteiger partial charge in [-0.15, -0.1) is 0 Å². The van der Waals surface area contributed by atoms with Crippen LogP contribution in [-0.2, 0) is 11.3 Å². The van der Waals surface area contributed by atoms with Gasteiger partial charge in [-0.25, -0.2) is 17.6 Å². The van der Waals surface area contributed by atoms with Crippen molar-refractivity contribution in [2.75, 3.05) is 33.7 Å². The van der Waals surface area contributed by atoms with Crippen LogP contribution in [0, 0.1) is 11.6 Å². The molecule has 5 nitrogen and oxygen atoms in total. The molecule has 1 amide bonds. The summed E-state index contributed by atoms with van der Waals surface area (Å²) in [4.78, 5) is 20.9. The molecule has 0 saturated heterocycles.